The molecule has 4 heteroatoms. The maximum absolute atomic E-state index is 11.7. The van der Waals surface area contributed by atoms with Crippen molar-refractivity contribution in [2.24, 2.45) is 5.73 Å². The van der Waals surface area contributed by atoms with E-state index in [1.165, 1.54) is 0 Å². The Morgan fingerprint density at radius 1 is 1.69 bits per heavy atom. The maximum atomic E-state index is 11.7. The van der Waals surface area contributed by atoms with Crippen molar-refractivity contribution >= 4 is 17.7 Å². The second-order valence-corrected chi connectivity index (χ2v) is 4.79. The molecule has 0 aliphatic heterocycles. The van der Waals surface area contributed by atoms with Gasteiger partial charge in [-0.1, -0.05) is 0 Å². The van der Waals surface area contributed by atoms with Gasteiger partial charge in [-0.15, -0.1) is 0 Å². The van der Waals surface area contributed by atoms with Crippen molar-refractivity contribution in [1.82, 2.24) is 4.90 Å². The van der Waals surface area contributed by atoms with E-state index < -0.39 is 5.54 Å². The summed E-state index contributed by atoms with van der Waals surface area (Å²) in [5.41, 5.74) is 5.31. The molecule has 1 aliphatic rings. The first-order valence-corrected chi connectivity index (χ1v) is 5.96. The van der Waals surface area contributed by atoms with E-state index in [4.69, 9.17) is 5.73 Å². The van der Waals surface area contributed by atoms with E-state index in [9.17, 15) is 4.79 Å². The van der Waals surface area contributed by atoms with E-state index in [1.807, 2.05) is 13.3 Å². The van der Waals surface area contributed by atoms with Crippen molar-refractivity contribution < 1.29 is 4.79 Å². The van der Waals surface area contributed by atoms with Gasteiger partial charge in [0.1, 0.15) is 0 Å². The number of hydrogen-bond donors (Lipinski definition) is 1. The lowest BCUT2D eigenvalue weighted by Crippen LogP contribution is -2.48. The van der Waals surface area contributed by atoms with Gasteiger partial charge in [0.2, 0.25) is 5.91 Å². The molecule has 1 aliphatic carbocycles. The van der Waals surface area contributed by atoms with Crippen molar-refractivity contribution in [3.05, 3.63) is 0 Å². The van der Waals surface area contributed by atoms with Gasteiger partial charge in [-0.3, -0.25) is 4.79 Å². The topological polar surface area (TPSA) is 46.3 Å². The summed E-state index contributed by atoms with van der Waals surface area (Å²) in [4.78, 5) is 13.5. The summed E-state index contributed by atoms with van der Waals surface area (Å²) >= 11 is 1.75. The fourth-order valence-electron chi connectivity index (χ4n) is 1.25. The predicted octanol–water partition coefficient (Wildman–Crippen LogP) is 0.688. The summed E-state index contributed by atoms with van der Waals surface area (Å²) in [5, 5.41) is 0. The average molecular weight is 202 g/mol. The van der Waals surface area contributed by atoms with Gasteiger partial charge >= 0.3 is 0 Å². The third-order valence-corrected chi connectivity index (χ3v) is 3.42. The fraction of sp³-hybridized carbons (Fsp3) is 0.889. The summed E-state index contributed by atoms with van der Waals surface area (Å²) in [6.45, 7) is 2.06. The lowest BCUT2D eigenvalue weighted by Gasteiger charge is -2.27. The first-order valence-electron chi connectivity index (χ1n) is 4.56. The van der Waals surface area contributed by atoms with E-state index in [0.29, 0.717) is 0 Å². The summed E-state index contributed by atoms with van der Waals surface area (Å²) in [6, 6.07) is 0.281. The summed E-state index contributed by atoms with van der Waals surface area (Å²) in [7, 11) is 1.84. The maximum Gasteiger partial charge on any atom is 0.242 e. The molecule has 0 aromatic heterocycles. The van der Waals surface area contributed by atoms with Crippen molar-refractivity contribution in [2.45, 2.75) is 31.3 Å². The number of rotatable bonds is 4. The van der Waals surface area contributed by atoms with Crippen LogP contribution in [0.25, 0.3) is 0 Å². The third-order valence-electron chi connectivity index (χ3n) is 2.60. The van der Waals surface area contributed by atoms with Crippen molar-refractivity contribution in [2.75, 3.05) is 19.1 Å². The Bertz CT molecular complexity index is 204. The molecule has 1 saturated carbocycles. The molecule has 1 amide bonds. The minimum absolute atomic E-state index is 0.106. The van der Waals surface area contributed by atoms with Crippen molar-refractivity contribution in [1.29, 1.82) is 0 Å². The zero-order valence-electron chi connectivity index (χ0n) is 8.54. The highest BCUT2D eigenvalue weighted by Crippen LogP contribution is 2.34. The lowest BCUT2D eigenvalue weighted by atomic mass is 10.2. The molecule has 76 valence electrons. The Morgan fingerprint density at radius 3 is 2.62 bits per heavy atom. The van der Waals surface area contributed by atoms with Crippen LogP contribution in [0.3, 0.4) is 0 Å². The number of nitrogens with zero attached hydrogens (tertiary/aromatic N) is 1. The summed E-state index contributed by atoms with van der Waals surface area (Å²) in [5.74, 6) is 1.08. The Balaban J connectivity index is 2.46. The van der Waals surface area contributed by atoms with E-state index in [1.54, 1.807) is 16.7 Å². The van der Waals surface area contributed by atoms with Crippen molar-refractivity contribution in [3.8, 4) is 0 Å². The summed E-state index contributed by atoms with van der Waals surface area (Å²) in [6.07, 6.45) is 3.74. The normalized spacial score (nSPS) is 20.9. The first-order chi connectivity index (χ1) is 6.01. The molecule has 0 heterocycles. The zero-order valence-corrected chi connectivity index (χ0v) is 9.36. The second-order valence-electron chi connectivity index (χ2n) is 3.88. The predicted molar refractivity (Wildman–Crippen MR) is 56.8 cm³/mol. The molecule has 0 radical (unpaired) electrons. The smallest absolute Gasteiger partial charge is 0.242 e. The van der Waals surface area contributed by atoms with Gasteiger partial charge in [-0.25, -0.2) is 0 Å². The highest BCUT2D eigenvalue weighted by molar-refractivity contribution is 7.98. The molecule has 1 rings (SSSR count). The zero-order chi connectivity index (χ0) is 10.1. The van der Waals surface area contributed by atoms with E-state index in [-0.39, 0.29) is 11.9 Å². The van der Waals surface area contributed by atoms with Crippen LogP contribution in [0.2, 0.25) is 0 Å². The SMILES string of the molecule is CSCC(C)N(C)C(=O)C1(N)CC1. The fourth-order valence-corrected chi connectivity index (χ4v) is 1.96. The van der Waals surface area contributed by atoms with Crippen LogP contribution in [0.4, 0.5) is 0 Å². The van der Waals surface area contributed by atoms with Crippen LogP contribution in [0.15, 0.2) is 0 Å². The van der Waals surface area contributed by atoms with Crippen LogP contribution in [0.1, 0.15) is 19.8 Å². The monoisotopic (exact) mass is 202 g/mol. The van der Waals surface area contributed by atoms with Gasteiger partial charge in [0.15, 0.2) is 0 Å². The molecule has 0 bridgehead atoms. The van der Waals surface area contributed by atoms with Gasteiger partial charge in [0, 0.05) is 18.8 Å². The largest absolute Gasteiger partial charge is 0.341 e. The lowest BCUT2D eigenvalue weighted by molar-refractivity contribution is -0.133. The molecule has 0 aromatic carbocycles. The van der Waals surface area contributed by atoms with Gasteiger partial charge in [-0.05, 0) is 26.0 Å². The number of nitrogens with two attached hydrogens (primary N) is 1. The van der Waals surface area contributed by atoms with Gasteiger partial charge in [0.05, 0.1) is 5.54 Å². The Kier molecular flexibility index (Phi) is 3.24. The Labute approximate surface area is 84.0 Å². The molecule has 13 heavy (non-hydrogen) atoms. The third kappa shape index (κ3) is 2.38. The molecule has 1 atom stereocenters. The molecule has 2 N–H and O–H groups in total. The average Bonchev–Trinajstić information content (AvgIpc) is 2.83. The molecule has 0 saturated heterocycles. The molecule has 1 fully saturated rings. The number of carbonyl (C=O) groups is 1. The minimum Gasteiger partial charge on any atom is -0.341 e. The number of amides is 1. The van der Waals surface area contributed by atoms with E-state index in [0.717, 1.165) is 18.6 Å². The van der Waals surface area contributed by atoms with Crippen LogP contribution in [0, 0.1) is 0 Å². The van der Waals surface area contributed by atoms with E-state index in [2.05, 4.69) is 6.92 Å². The highest BCUT2D eigenvalue weighted by atomic mass is 32.2. The molecular formula is C9H18N2OS. The Hall–Kier alpha value is -0.220. The first kappa shape index (κ1) is 10.9. The van der Waals surface area contributed by atoms with Crippen LogP contribution < -0.4 is 5.73 Å². The molecular weight excluding hydrogens is 184 g/mol. The molecule has 1 unspecified atom stereocenters. The molecule has 0 aromatic rings. The van der Waals surface area contributed by atoms with Crippen LogP contribution in [-0.4, -0.2) is 41.4 Å². The quantitative estimate of drug-likeness (QED) is 0.729. The highest BCUT2D eigenvalue weighted by Gasteiger charge is 2.47. The standard InChI is InChI=1S/C9H18N2OS/c1-7(6-13-3)11(2)8(12)9(10)4-5-9/h7H,4-6,10H2,1-3H3. The number of carbonyl (C=O) groups excluding carboxylic acids is 1. The number of likely N-dealkylation sites (N-methyl/N-ethyl adjacent to an activating group) is 1. The van der Waals surface area contributed by atoms with E-state index >= 15 is 0 Å². The number of thioether (sulfide) groups is 1. The molecule has 3 nitrogen and oxygen atoms in total. The number of hydrogen-bond acceptors (Lipinski definition) is 3. The van der Waals surface area contributed by atoms with Gasteiger partial charge < -0.3 is 10.6 Å². The second kappa shape index (κ2) is 3.88. The van der Waals surface area contributed by atoms with Crippen LogP contribution in [-0.2, 0) is 4.79 Å². The van der Waals surface area contributed by atoms with Gasteiger partial charge in [0.25, 0.3) is 0 Å². The molecule has 0 spiro atoms. The van der Waals surface area contributed by atoms with Gasteiger partial charge in [-0.2, -0.15) is 11.8 Å². The van der Waals surface area contributed by atoms with Crippen LogP contribution in [0.5, 0.6) is 0 Å². The summed E-state index contributed by atoms with van der Waals surface area (Å²) < 4.78 is 0. The minimum atomic E-state index is -0.512. The Morgan fingerprint density at radius 2 is 2.23 bits per heavy atom. The van der Waals surface area contributed by atoms with Crippen LogP contribution >= 0.6 is 11.8 Å². The van der Waals surface area contributed by atoms with Crippen molar-refractivity contribution in [3.63, 3.8) is 0 Å².